The Morgan fingerprint density at radius 3 is 2.36 bits per heavy atom. The molecule has 1 saturated carbocycles. The molecule has 2 aliphatic rings. The Morgan fingerprint density at radius 2 is 1.86 bits per heavy atom. The highest BCUT2D eigenvalue weighted by Crippen LogP contribution is 2.41. The minimum Gasteiger partial charge on any atom is -0.396 e. The Kier molecular flexibility index (Phi) is 3.45. The van der Waals surface area contributed by atoms with Crippen molar-refractivity contribution in [2.24, 2.45) is 11.3 Å². The molecule has 2 rings (SSSR count). The number of hydrogen-bond acceptors (Lipinski definition) is 2. The molecule has 2 nitrogen and oxygen atoms in total. The molecular weight excluding hydrogens is 174 g/mol. The van der Waals surface area contributed by atoms with E-state index < -0.39 is 0 Å². The summed E-state index contributed by atoms with van der Waals surface area (Å²) >= 11 is 0. The van der Waals surface area contributed by atoms with Gasteiger partial charge in [0.05, 0.1) is 6.61 Å². The van der Waals surface area contributed by atoms with E-state index in [0.29, 0.717) is 6.61 Å². The van der Waals surface area contributed by atoms with E-state index in [-0.39, 0.29) is 5.41 Å². The van der Waals surface area contributed by atoms with Crippen LogP contribution in [0.1, 0.15) is 44.9 Å². The van der Waals surface area contributed by atoms with Gasteiger partial charge in [-0.15, -0.1) is 0 Å². The van der Waals surface area contributed by atoms with Crippen LogP contribution in [0.3, 0.4) is 0 Å². The third kappa shape index (κ3) is 1.96. The second-order valence-electron chi connectivity index (χ2n) is 5.14. The molecule has 1 aliphatic heterocycles. The number of nitrogens with one attached hydrogen (secondary N) is 1. The highest BCUT2D eigenvalue weighted by Gasteiger charge is 2.40. The summed E-state index contributed by atoms with van der Waals surface area (Å²) in [6.45, 7) is 2.55. The first-order chi connectivity index (χ1) is 6.87. The Balaban J connectivity index is 2.01. The van der Waals surface area contributed by atoms with E-state index in [9.17, 15) is 5.11 Å². The number of aliphatic hydroxyl groups is 1. The third-order valence-electron chi connectivity index (χ3n) is 4.31. The van der Waals surface area contributed by atoms with Gasteiger partial charge in [0.25, 0.3) is 0 Å². The molecule has 0 aromatic carbocycles. The maximum Gasteiger partial charge on any atom is 0.0502 e. The molecular formula is C12H23NO. The van der Waals surface area contributed by atoms with Crippen molar-refractivity contribution in [2.45, 2.75) is 44.9 Å². The van der Waals surface area contributed by atoms with Crippen LogP contribution in [0.5, 0.6) is 0 Å². The second-order valence-corrected chi connectivity index (χ2v) is 5.14. The van der Waals surface area contributed by atoms with E-state index in [2.05, 4.69) is 5.32 Å². The van der Waals surface area contributed by atoms with Crippen molar-refractivity contribution in [3.63, 3.8) is 0 Å². The Morgan fingerprint density at radius 1 is 1.14 bits per heavy atom. The molecule has 0 radical (unpaired) electrons. The molecule has 0 aromatic heterocycles. The van der Waals surface area contributed by atoms with Crippen LogP contribution in [0.25, 0.3) is 0 Å². The molecule has 1 atom stereocenters. The lowest BCUT2D eigenvalue weighted by molar-refractivity contribution is 0.0700. The SMILES string of the molecule is OCC1(C2CCCCCC2)CCNC1. The monoisotopic (exact) mass is 197 g/mol. The summed E-state index contributed by atoms with van der Waals surface area (Å²) in [6.07, 6.45) is 9.47. The number of rotatable bonds is 2. The molecule has 2 heteroatoms. The van der Waals surface area contributed by atoms with E-state index in [1.807, 2.05) is 0 Å². The molecule has 2 fully saturated rings. The lowest BCUT2D eigenvalue weighted by atomic mass is 9.72. The van der Waals surface area contributed by atoms with Gasteiger partial charge < -0.3 is 10.4 Å². The zero-order chi connectivity index (χ0) is 9.86. The molecule has 0 spiro atoms. The molecule has 0 aromatic rings. The fraction of sp³-hybridized carbons (Fsp3) is 1.00. The van der Waals surface area contributed by atoms with Crippen LogP contribution in [-0.2, 0) is 0 Å². The maximum absolute atomic E-state index is 9.62. The predicted molar refractivity (Wildman–Crippen MR) is 58.2 cm³/mol. The first-order valence-electron chi connectivity index (χ1n) is 6.19. The van der Waals surface area contributed by atoms with Gasteiger partial charge in [-0.2, -0.15) is 0 Å². The molecule has 1 heterocycles. The van der Waals surface area contributed by atoms with Crippen molar-refractivity contribution < 1.29 is 5.11 Å². The summed E-state index contributed by atoms with van der Waals surface area (Å²) in [7, 11) is 0. The van der Waals surface area contributed by atoms with Gasteiger partial charge >= 0.3 is 0 Å². The molecule has 14 heavy (non-hydrogen) atoms. The average Bonchev–Trinajstić information content (AvgIpc) is 2.54. The van der Waals surface area contributed by atoms with Crippen LogP contribution in [0.2, 0.25) is 0 Å². The first-order valence-corrected chi connectivity index (χ1v) is 6.19. The minimum atomic E-state index is 0.240. The van der Waals surface area contributed by atoms with Gasteiger partial charge in [0.1, 0.15) is 0 Å². The predicted octanol–water partition coefficient (Wildman–Crippen LogP) is 1.93. The zero-order valence-corrected chi connectivity index (χ0v) is 9.10. The van der Waals surface area contributed by atoms with Crippen LogP contribution >= 0.6 is 0 Å². The van der Waals surface area contributed by atoms with Crippen LogP contribution in [0, 0.1) is 11.3 Å². The van der Waals surface area contributed by atoms with Crippen molar-refractivity contribution in [1.29, 1.82) is 0 Å². The summed E-state index contributed by atoms with van der Waals surface area (Å²) in [5, 5.41) is 13.0. The van der Waals surface area contributed by atoms with Gasteiger partial charge in [-0.25, -0.2) is 0 Å². The maximum atomic E-state index is 9.62. The van der Waals surface area contributed by atoms with Gasteiger partial charge in [-0.3, -0.25) is 0 Å². The number of aliphatic hydroxyl groups excluding tert-OH is 1. The van der Waals surface area contributed by atoms with Crippen molar-refractivity contribution in [3.05, 3.63) is 0 Å². The number of hydrogen-bond donors (Lipinski definition) is 2. The van der Waals surface area contributed by atoms with Gasteiger partial charge in [0.2, 0.25) is 0 Å². The summed E-state index contributed by atoms with van der Waals surface area (Å²) < 4.78 is 0. The molecule has 0 bridgehead atoms. The van der Waals surface area contributed by atoms with Crippen LogP contribution < -0.4 is 5.32 Å². The quantitative estimate of drug-likeness (QED) is 0.663. The Labute approximate surface area is 87.1 Å². The van der Waals surface area contributed by atoms with Gasteiger partial charge in [0, 0.05) is 12.0 Å². The van der Waals surface area contributed by atoms with Crippen molar-refractivity contribution in [1.82, 2.24) is 5.32 Å². The van der Waals surface area contributed by atoms with Crippen LogP contribution in [-0.4, -0.2) is 24.8 Å². The van der Waals surface area contributed by atoms with E-state index in [1.54, 1.807) is 0 Å². The van der Waals surface area contributed by atoms with Crippen molar-refractivity contribution in [2.75, 3.05) is 19.7 Å². The van der Waals surface area contributed by atoms with E-state index in [1.165, 1.54) is 44.9 Å². The zero-order valence-electron chi connectivity index (χ0n) is 9.10. The van der Waals surface area contributed by atoms with E-state index in [4.69, 9.17) is 0 Å². The summed E-state index contributed by atoms with van der Waals surface area (Å²) in [6, 6.07) is 0. The van der Waals surface area contributed by atoms with E-state index >= 15 is 0 Å². The van der Waals surface area contributed by atoms with Gasteiger partial charge in [-0.1, -0.05) is 25.7 Å². The smallest absolute Gasteiger partial charge is 0.0502 e. The molecule has 2 N–H and O–H groups in total. The Hall–Kier alpha value is -0.0800. The Bertz CT molecular complexity index is 167. The van der Waals surface area contributed by atoms with Crippen LogP contribution in [0.15, 0.2) is 0 Å². The second kappa shape index (κ2) is 4.63. The molecule has 0 amide bonds. The highest BCUT2D eigenvalue weighted by atomic mass is 16.3. The summed E-state index contributed by atoms with van der Waals surface area (Å²) in [4.78, 5) is 0. The normalized spacial score (nSPS) is 35.8. The van der Waals surface area contributed by atoms with E-state index in [0.717, 1.165) is 19.0 Å². The molecule has 1 unspecified atom stereocenters. The van der Waals surface area contributed by atoms with Crippen molar-refractivity contribution in [3.8, 4) is 0 Å². The summed E-state index contributed by atoms with van der Waals surface area (Å²) in [5.41, 5.74) is 0.240. The van der Waals surface area contributed by atoms with Gasteiger partial charge in [0.15, 0.2) is 0 Å². The average molecular weight is 197 g/mol. The minimum absolute atomic E-state index is 0.240. The fourth-order valence-corrected chi connectivity index (χ4v) is 3.27. The topological polar surface area (TPSA) is 32.3 Å². The third-order valence-corrected chi connectivity index (χ3v) is 4.31. The first kappa shape index (κ1) is 10.4. The summed E-state index contributed by atoms with van der Waals surface area (Å²) in [5.74, 6) is 0.782. The molecule has 1 saturated heterocycles. The molecule has 1 aliphatic carbocycles. The largest absolute Gasteiger partial charge is 0.396 e. The molecule has 82 valence electrons. The van der Waals surface area contributed by atoms with Gasteiger partial charge in [-0.05, 0) is 31.7 Å². The highest BCUT2D eigenvalue weighted by molar-refractivity contribution is 4.93. The lowest BCUT2D eigenvalue weighted by Crippen LogP contribution is -2.36. The fourth-order valence-electron chi connectivity index (χ4n) is 3.27. The standard InChI is InChI=1S/C12H23NO/c14-10-12(7-8-13-9-12)11-5-3-1-2-4-6-11/h11,13-14H,1-10H2. The van der Waals surface area contributed by atoms with Crippen molar-refractivity contribution >= 4 is 0 Å². The lowest BCUT2D eigenvalue weighted by Gasteiger charge is -2.35. The van der Waals surface area contributed by atoms with Crippen LogP contribution in [0.4, 0.5) is 0 Å².